The molecule has 2 aliphatic heterocycles. The SMILES string of the molecule is Cc1ccc(C2NNCC2C(=O)NC2CCN(Cc3ccccc3)CC2)cc1. The summed E-state index contributed by atoms with van der Waals surface area (Å²) >= 11 is 0. The van der Waals surface area contributed by atoms with Gasteiger partial charge >= 0.3 is 0 Å². The number of hydrazine groups is 1. The summed E-state index contributed by atoms with van der Waals surface area (Å²) in [5.41, 5.74) is 10.2. The van der Waals surface area contributed by atoms with Crippen molar-refractivity contribution in [1.29, 1.82) is 0 Å². The predicted molar refractivity (Wildman–Crippen MR) is 111 cm³/mol. The smallest absolute Gasteiger partial charge is 0.226 e. The van der Waals surface area contributed by atoms with Crippen molar-refractivity contribution < 1.29 is 4.79 Å². The van der Waals surface area contributed by atoms with Crippen molar-refractivity contribution in [3.8, 4) is 0 Å². The number of nitrogens with one attached hydrogen (secondary N) is 3. The first kappa shape index (κ1) is 19.1. The van der Waals surface area contributed by atoms with Gasteiger partial charge in [0.25, 0.3) is 0 Å². The van der Waals surface area contributed by atoms with Gasteiger partial charge in [-0.05, 0) is 30.9 Å². The Balaban J connectivity index is 1.28. The van der Waals surface area contributed by atoms with E-state index < -0.39 is 0 Å². The Kier molecular flexibility index (Phi) is 6.05. The molecule has 0 aliphatic carbocycles. The van der Waals surface area contributed by atoms with Crippen molar-refractivity contribution in [2.45, 2.75) is 38.4 Å². The Morgan fingerprint density at radius 2 is 1.79 bits per heavy atom. The van der Waals surface area contributed by atoms with Crippen LogP contribution in [0.3, 0.4) is 0 Å². The van der Waals surface area contributed by atoms with Crippen LogP contribution in [-0.4, -0.2) is 36.5 Å². The highest BCUT2D eigenvalue weighted by Crippen LogP contribution is 2.26. The predicted octanol–water partition coefficient (Wildman–Crippen LogP) is 2.54. The molecular formula is C23H30N4O. The lowest BCUT2D eigenvalue weighted by Crippen LogP contribution is -2.47. The number of carbonyl (C=O) groups excluding carboxylic acids is 1. The number of rotatable bonds is 5. The highest BCUT2D eigenvalue weighted by Gasteiger charge is 2.35. The number of carbonyl (C=O) groups is 1. The molecule has 0 bridgehead atoms. The fourth-order valence-electron chi connectivity index (χ4n) is 4.22. The van der Waals surface area contributed by atoms with Crippen molar-refractivity contribution >= 4 is 5.91 Å². The molecule has 2 atom stereocenters. The van der Waals surface area contributed by atoms with Crippen molar-refractivity contribution in [2.24, 2.45) is 5.92 Å². The van der Waals surface area contributed by atoms with Gasteiger partial charge in [0, 0.05) is 32.2 Å². The normalized spacial score (nSPS) is 23.6. The lowest BCUT2D eigenvalue weighted by Gasteiger charge is -2.33. The fourth-order valence-corrected chi connectivity index (χ4v) is 4.22. The van der Waals surface area contributed by atoms with E-state index >= 15 is 0 Å². The second kappa shape index (κ2) is 8.86. The van der Waals surface area contributed by atoms with E-state index in [2.05, 4.69) is 82.6 Å². The van der Waals surface area contributed by atoms with E-state index in [0.29, 0.717) is 6.54 Å². The molecule has 1 amide bonds. The van der Waals surface area contributed by atoms with Crippen LogP contribution in [-0.2, 0) is 11.3 Å². The monoisotopic (exact) mass is 378 g/mol. The molecule has 2 fully saturated rings. The van der Waals surface area contributed by atoms with E-state index in [9.17, 15) is 4.79 Å². The number of aryl methyl sites for hydroxylation is 1. The average Bonchev–Trinajstić information content (AvgIpc) is 3.21. The van der Waals surface area contributed by atoms with Gasteiger partial charge in [0.1, 0.15) is 0 Å². The van der Waals surface area contributed by atoms with Crippen LogP contribution in [0.15, 0.2) is 54.6 Å². The zero-order chi connectivity index (χ0) is 19.3. The van der Waals surface area contributed by atoms with Gasteiger partial charge in [-0.1, -0.05) is 60.2 Å². The van der Waals surface area contributed by atoms with Gasteiger partial charge in [-0.15, -0.1) is 0 Å². The second-order valence-corrected chi connectivity index (χ2v) is 8.06. The molecular weight excluding hydrogens is 348 g/mol. The summed E-state index contributed by atoms with van der Waals surface area (Å²) in [6, 6.07) is 19.3. The van der Waals surface area contributed by atoms with Crippen LogP contribution in [0.1, 0.15) is 35.6 Å². The summed E-state index contributed by atoms with van der Waals surface area (Å²) in [5, 5.41) is 3.31. The third kappa shape index (κ3) is 4.61. The number of hydrogen-bond donors (Lipinski definition) is 3. The van der Waals surface area contributed by atoms with Gasteiger partial charge < -0.3 is 5.32 Å². The Labute approximate surface area is 167 Å². The molecule has 2 aliphatic rings. The largest absolute Gasteiger partial charge is 0.353 e. The number of benzene rings is 2. The Morgan fingerprint density at radius 3 is 2.50 bits per heavy atom. The minimum absolute atomic E-state index is 0.0266. The van der Waals surface area contributed by atoms with Gasteiger partial charge in [0.2, 0.25) is 5.91 Å². The van der Waals surface area contributed by atoms with E-state index in [4.69, 9.17) is 0 Å². The molecule has 0 spiro atoms. The molecule has 2 heterocycles. The molecule has 148 valence electrons. The maximum Gasteiger partial charge on any atom is 0.226 e. The van der Waals surface area contributed by atoms with Crippen LogP contribution in [0.25, 0.3) is 0 Å². The summed E-state index contributed by atoms with van der Waals surface area (Å²) in [6.07, 6.45) is 2.03. The molecule has 0 aromatic heterocycles. The van der Waals surface area contributed by atoms with Gasteiger partial charge in [-0.25, -0.2) is 5.43 Å². The average molecular weight is 379 g/mol. The van der Waals surface area contributed by atoms with Crippen LogP contribution in [0, 0.1) is 12.8 Å². The summed E-state index contributed by atoms with van der Waals surface area (Å²) < 4.78 is 0. The number of hydrogen-bond acceptors (Lipinski definition) is 4. The minimum Gasteiger partial charge on any atom is -0.353 e. The lowest BCUT2D eigenvalue weighted by molar-refractivity contribution is -0.126. The van der Waals surface area contributed by atoms with Crippen molar-refractivity contribution in [3.05, 3.63) is 71.3 Å². The van der Waals surface area contributed by atoms with E-state index in [1.807, 2.05) is 0 Å². The molecule has 2 saturated heterocycles. The third-order valence-electron chi connectivity index (χ3n) is 5.94. The van der Waals surface area contributed by atoms with E-state index in [-0.39, 0.29) is 23.9 Å². The first-order valence-corrected chi connectivity index (χ1v) is 10.3. The standard InChI is InChI=1S/C23H30N4O/c1-17-7-9-19(10-8-17)22-21(15-24-26-22)23(28)25-20-11-13-27(14-12-20)16-18-5-3-2-4-6-18/h2-10,20-22,24,26H,11-16H2,1H3,(H,25,28). The number of nitrogens with zero attached hydrogens (tertiary/aromatic N) is 1. The number of piperidine rings is 1. The van der Waals surface area contributed by atoms with Crippen molar-refractivity contribution in [1.82, 2.24) is 21.1 Å². The molecule has 2 aromatic carbocycles. The summed E-state index contributed by atoms with van der Waals surface area (Å²) in [4.78, 5) is 15.4. The minimum atomic E-state index is -0.0787. The molecule has 0 radical (unpaired) electrons. The quantitative estimate of drug-likeness (QED) is 0.748. The number of likely N-dealkylation sites (tertiary alicyclic amines) is 1. The Morgan fingerprint density at radius 1 is 1.07 bits per heavy atom. The van der Waals surface area contributed by atoms with Crippen LogP contribution >= 0.6 is 0 Å². The van der Waals surface area contributed by atoms with Crippen LogP contribution in [0.4, 0.5) is 0 Å². The van der Waals surface area contributed by atoms with E-state index in [1.165, 1.54) is 11.1 Å². The summed E-state index contributed by atoms with van der Waals surface area (Å²) in [6.45, 7) is 5.80. The van der Waals surface area contributed by atoms with Crippen LogP contribution in [0.2, 0.25) is 0 Å². The zero-order valence-corrected chi connectivity index (χ0v) is 16.5. The van der Waals surface area contributed by atoms with Crippen LogP contribution < -0.4 is 16.2 Å². The van der Waals surface area contributed by atoms with Gasteiger partial charge in [0.05, 0.1) is 12.0 Å². The zero-order valence-electron chi connectivity index (χ0n) is 16.5. The van der Waals surface area contributed by atoms with Gasteiger partial charge in [0.15, 0.2) is 0 Å². The van der Waals surface area contributed by atoms with Gasteiger partial charge in [-0.3, -0.25) is 15.1 Å². The Bertz CT molecular complexity index is 769. The molecule has 5 nitrogen and oxygen atoms in total. The Hall–Kier alpha value is -2.21. The molecule has 2 aromatic rings. The van der Waals surface area contributed by atoms with E-state index in [0.717, 1.165) is 38.0 Å². The first-order valence-electron chi connectivity index (χ1n) is 10.3. The lowest BCUT2D eigenvalue weighted by atomic mass is 9.93. The maximum atomic E-state index is 12.9. The van der Waals surface area contributed by atoms with E-state index in [1.54, 1.807) is 0 Å². The maximum absolute atomic E-state index is 12.9. The molecule has 2 unspecified atom stereocenters. The molecule has 4 rings (SSSR count). The highest BCUT2D eigenvalue weighted by molar-refractivity contribution is 5.80. The molecule has 3 N–H and O–H groups in total. The number of amides is 1. The second-order valence-electron chi connectivity index (χ2n) is 8.06. The molecule has 5 heteroatoms. The molecule has 0 saturated carbocycles. The fraction of sp³-hybridized carbons (Fsp3) is 0.435. The topological polar surface area (TPSA) is 56.4 Å². The molecule has 28 heavy (non-hydrogen) atoms. The highest BCUT2D eigenvalue weighted by atomic mass is 16.2. The first-order chi connectivity index (χ1) is 13.7. The summed E-state index contributed by atoms with van der Waals surface area (Å²) in [7, 11) is 0. The van der Waals surface area contributed by atoms with Gasteiger partial charge in [-0.2, -0.15) is 0 Å². The third-order valence-corrected chi connectivity index (χ3v) is 5.94. The van der Waals surface area contributed by atoms with Crippen molar-refractivity contribution in [2.75, 3.05) is 19.6 Å². The van der Waals surface area contributed by atoms with Crippen molar-refractivity contribution in [3.63, 3.8) is 0 Å². The van der Waals surface area contributed by atoms with Crippen LogP contribution in [0.5, 0.6) is 0 Å². The summed E-state index contributed by atoms with van der Waals surface area (Å²) in [5.74, 6) is 0.0784.